The second kappa shape index (κ2) is 8.02. The second-order valence-electron chi connectivity index (χ2n) is 5.61. The molecule has 1 amide bonds. The Morgan fingerprint density at radius 3 is 2.67 bits per heavy atom. The SMILES string of the molecule is CCOC(=O)Cc1ccc(NC(=O)c2occc2C(C)C)c(Cl)c1. The third-order valence-corrected chi connectivity index (χ3v) is 3.77. The molecule has 1 N–H and O–H groups in total. The lowest BCUT2D eigenvalue weighted by Gasteiger charge is -2.10. The fourth-order valence-corrected chi connectivity index (χ4v) is 2.54. The summed E-state index contributed by atoms with van der Waals surface area (Å²) in [5, 5.41) is 3.08. The number of benzene rings is 1. The lowest BCUT2D eigenvalue weighted by Crippen LogP contribution is -2.14. The number of anilines is 1. The molecule has 0 saturated carbocycles. The normalized spacial score (nSPS) is 10.7. The van der Waals surface area contributed by atoms with Gasteiger partial charge in [-0.2, -0.15) is 0 Å². The number of hydrogen-bond donors (Lipinski definition) is 1. The Hall–Kier alpha value is -2.27. The maximum Gasteiger partial charge on any atom is 0.310 e. The van der Waals surface area contributed by atoms with Crippen LogP contribution < -0.4 is 5.32 Å². The van der Waals surface area contributed by atoms with E-state index in [0.29, 0.717) is 17.3 Å². The van der Waals surface area contributed by atoms with Crippen molar-refractivity contribution in [1.82, 2.24) is 0 Å². The summed E-state index contributed by atoms with van der Waals surface area (Å²) < 4.78 is 10.2. The maximum absolute atomic E-state index is 12.4. The van der Waals surface area contributed by atoms with Crippen LogP contribution in [0.1, 0.15) is 48.4 Å². The summed E-state index contributed by atoms with van der Waals surface area (Å²) in [6.45, 7) is 6.06. The van der Waals surface area contributed by atoms with Crippen molar-refractivity contribution in [1.29, 1.82) is 0 Å². The van der Waals surface area contributed by atoms with Gasteiger partial charge >= 0.3 is 5.97 Å². The molecule has 0 aliphatic carbocycles. The second-order valence-corrected chi connectivity index (χ2v) is 6.02. The molecule has 2 aromatic rings. The molecular formula is C18H20ClNO4. The van der Waals surface area contributed by atoms with Gasteiger partial charge in [0.25, 0.3) is 5.91 Å². The van der Waals surface area contributed by atoms with Crippen molar-refractivity contribution in [3.8, 4) is 0 Å². The molecule has 128 valence electrons. The average Bonchev–Trinajstić information content (AvgIpc) is 3.00. The molecule has 1 aromatic heterocycles. The van der Waals surface area contributed by atoms with Crippen molar-refractivity contribution in [2.45, 2.75) is 33.1 Å². The third-order valence-electron chi connectivity index (χ3n) is 3.46. The number of carbonyl (C=O) groups is 2. The first-order valence-electron chi connectivity index (χ1n) is 7.75. The number of esters is 1. The number of furan rings is 1. The van der Waals surface area contributed by atoms with Crippen molar-refractivity contribution >= 4 is 29.2 Å². The van der Waals surface area contributed by atoms with E-state index in [1.54, 1.807) is 31.2 Å². The zero-order valence-corrected chi connectivity index (χ0v) is 14.6. The van der Waals surface area contributed by atoms with E-state index in [1.165, 1.54) is 6.26 Å². The van der Waals surface area contributed by atoms with Crippen LogP contribution in [-0.2, 0) is 16.0 Å². The van der Waals surface area contributed by atoms with E-state index in [-0.39, 0.29) is 30.0 Å². The topological polar surface area (TPSA) is 68.5 Å². The lowest BCUT2D eigenvalue weighted by molar-refractivity contribution is -0.142. The van der Waals surface area contributed by atoms with Crippen LogP contribution in [0.4, 0.5) is 5.69 Å². The third kappa shape index (κ3) is 4.38. The highest BCUT2D eigenvalue weighted by atomic mass is 35.5. The molecule has 24 heavy (non-hydrogen) atoms. The Labute approximate surface area is 145 Å². The monoisotopic (exact) mass is 349 g/mol. The molecule has 6 heteroatoms. The first-order chi connectivity index (χ1) is 11.4. The van der Waals surface area contributed by atoms with Crippen LogP contribution >= 0.6 is 11.6 Å². The van der Waals surface area contributed by atoms with E-state index in [0.717, 1.165) is 11.1 Å². The number of carbonyl (C=O) groups excluding carboxylic acids is 2. The Kier molecular flexibility index (Phi) is 6.04. The molecule has 0 spiro atoms. The molecule has 0 atom stereocenters. The quantitative estimate of drug-likeness (QED) is 0.784. The number of halogens is 1. The van der Waals surface area contributed by atoms with Gasteiger partial charge < -0.3 is 14.5 Å². The summed E-state index contributed by atoms with van der Waals surface area (Å²) in [6, 6.07) is 6.81. The van der Waals surface area contributed by atoms with Gasteiger partial charge in [-0.3, -0.25) is 9.59 Å². The van der Waals surface area contributed by atoms with E-state index in [2.05, 4.69) is 5.32 Å². The number of hydrogen-bond acceptors (Lipinski definition) is 4. The summed E-state index contributed by atoms with van der Waals surface area (Å²) >= 11 is 6.20. The minimum Gasteiger partial charge on any atom is -0.466 e. The number of nitrogens with one attached hydrogen (secondary N) is 1. The summed E-state index contributed by atoms with van der Waals surface area (Å²) in [5.41, 5.74) is 2.01. The van der Waals surface area contributed by atoms with Gasteiger partial charge in [0, 0.05) is 5.56 Å². The molecule has 0 saturated heterocycles. The molecule has 5 nitrogen and oxygen atoms in total. The van der Waals surface area contributed by atoms with Crippen LogP contribution in [-0.4, -0.2) is 18.5 Å². The van der Waals surface area contributed by atoms with E-state index >= 15 is 0 Å². The van der Waals surface area contributed by atoms with E-state index < -0.39 is 0 Å². The van der Waals surface area contributed by atoms with Crippen LogP contribution in [0.3, 0.4) is 0 Å². The van der Waals surface area contributed by atoms with Gasteiger partial charge in [0.2, 0.25) is 0 Å². The molecule has 1 heterocycles. The van der Waals surface area contributed by atoms with Gasteiger partial charge in [-0.15, -0.1) is 0 Å². The largest absolute Gasteiger partial charge is 0.466 e. The smallest absolute Gasteiger partial charge is 0.310 e. The average molecular weight is 350 g/mol. The highest BCUT2D eigenvalue weighted by Crippen LogP contribution is 2.26. The van der Waals surface area contributed by atoms with Crippen LogP contribution in [0.15, 0.2) is 34.9 Å². The van der Waals surface area contributed by atoms with Crippen LogP contribution in [0.25, 0.3) is 0 Å². The number of amides is 1. The van der Waals surface area contributed by atoms with Crippen molar-refractivity contribution < 1.29 is 18.7 Å². The molecule has 0 radical (unpaired) electrons. The van der Waals surface area contributed by atoms with Gasteiger partial charge in [-0.25, -0.2) is 0 Å². The van der Waals surface area contributed by atoms with Crippen molar-refractivity contribution in [2.24, 2.45) is 0 Å². The molecule has 1 aromatic carbocycles. The minimum atomic E-state index is -0.358. The van der Waals surface area contributed by atoms with E-state index in [1.807, 2.05) is 13.8 Å². The van der Waals surface area contributed by atoms with Crippen molar-refractivity contribution in [3.05, 3.63) is 52.4 Å². The molecule has 0 unspecified atom stereocenters. The zero-order chi connectivity index (χ0) is 17.7. The highest BCUT2D eigenvalue weighted by Gasteiger charge is 2.18. The van der Waals surface area contributed by atoms with Crippen LogP contribution in [0, 0.1) is 0 Å². The predicted octanol–water partition coefficient (Wildman–Crippen LogP) is 4.41. The summed E-state index contributed by atoms with van der Waals surface area (Å²) in [5.74, 6) is -0.227. The summed E-state index contributed by atoms with van der Waals surface area (Å²) in [4.78, 5) is 23.9. The first kappa shape index (κ1) is 18.1. The van der Waals surface area contributed by atoms with Crippen LogP contribution in [0.5, 0.6) is 0 Å². The number of rotatable bonds is 6. The van der Waals surface area contributed by atoms with Crippen LogP contribution in [0.2, 0.25) is 5.02 Å². The van der Waals surface area contributed by atoms with E-state index in [4.69, 9.17) is 20.8 Å². The lowest BCUT2D eigenvalue weighted by atomic mass is 10.0. The predicted molar refractivity (Wildman–Crippen MR) is 92.5 cm³/mol. The summed E-state index contributed by atoms with van der Waals surface area (Å²) in [7, 11) is 0. The first-order valence-corrected chi connectivity index (χ1v) is 8.13. The Morgan fingerprint density at radius 2 is 2.04 bits per heavy atom. The van der Waals surface area contributed by atoms with Gasteiger partial charge in [-0.05, 0) is 36.6 Å². The highest BCUT2D eigenvalue weighted by molar-refractivity contribution is 6.34. The van der Waals surface area contributed by atoms with E-state index in [9.17, 15) is 9.59 Å². The molecule has 0 bridgehead atoms. The Morgan fingerprint density at radius 1 is 1.29 bits per heavy atom. The molecule has 0 fully saturated rings. The Balaban J connectivity index is 2.11. The maximum atomic E-state index is 12.4. The zero-order valence-electron chi connectivity index (χ0n) is 13.9. The van der Waals surface area contributed by atoms with Gasteiger partial charge in [0.05, 0.1) is 30.0 Å². The molecule has 2 rings (SSSR count). The Bertz CT molecular complexity index is 736. The number of ether oxygens (including phenoxy) is 1. The van der Waals surface area contributed by atoms with Gasteiger partial charge in [0.15, 0.2) is 5.76 Å². The fraction of sp³-hybridized carbons (Fsp3) is 0.333. The standard InChI is InChI=1S/C18H20ClNO4/c1-4-23-16(21)10-12-5-6-15(14(19)9-12)20-18(22)17-13(11(2)3)7-8-24-17/h5-9,11H,4,10H2,1-3H3,(H,20,22). The molecule has 0 aliphatic rings. The summed E-state index contributed by atoms with van der Waals surface area (Å²) in [6.07, 6.45) is 1.63. The van der Waals surface area contributed by atoms with Crippen molar-refractivity contribution in [2.75, 3.05) is 11.9 Å². The minimum absolute atomic E-state index is 0.136. The van der Waals surface area contributed by atoms with Gasteiger partial charge in [-0.1, -0.05) is 31.5 Å². The molecular weight excluding hydrogens is 330 g/mol. The molecule has 0 aliphatic heterocycles. The van der Waals surface area contributed by atoms with Crippen molar-refractivity contribution in [3.63, 3.8) is 0 Å². The van der Waals surface area contributed by atoms with Gasteiger partial charge in [0.1, 0.15) is 0 Å². The fourth-order valence-electron chi connectivity index (χ4n) is 2.29.